The maximum absolute atomic E-state index is 13.0. The summed E-state index contributed by atoms with van der Waals surface area (Å²) in [6.07, 6.45) is 2.02. The number of carbonyl (C=O) groups excluding carboxylic acids is 2. The third-order valence-corrected chi connectivity index (χ3v) is 4.91. The molecule has 6 heteroatoms. The average molecular weight is 405 g/mol. The minimum Gasteiger partial charge on any atom is -0.468 e. The second-order valence-electron chi connectivity index (χ2n) is 7.32. The molecule has 1 heterocycles. The first kappa shape index (κ1) is 21.3. The molecular formula is C24H27N3O3. The molecule has 0 aliphatic heterocycles. The molecule has 0 bridgehead atoms. The number of furan rings is 1. The lowest BCUT2D eigenvalue weighted by Gasteiger charge is -2.24. The van der Waals surface area contributed by atoms with Gasteiger partial charge in [0.1, 0.15) is 11.8 Å². The Morgan fingerprint density at radius 3 is 2.20 bits per heavy atom. The van der Waals surface area contributed by atoms with Crippen molar-refractivity contribution in [1.29, 1.82) is 0 Å². The van der Waals surface area contributed by atoms with Gasteiger partial charge in [0.15, 0.2) is 0 Å². The van der Waals surface area contributed by atoms with E-state index in [0.29, 0.717) is 18.5 Å². The van der Waals surface area contributed by atoms with E-state index in [9.17, 15) is 9.59 Å². The van der Waals surface area contributed by atoms with E-state index in [2.05, 4.69) is 10.6 Å². The van der Waals surface area contributed by atoms with Crippen LogP contribution in [0.5, 0.6) is 0 Å². The smallest absolute Gasteiger partial charge is 0.251 e. The van der Waals surface area contributed by atoms with Crippen LogP contribution in [0.3, 0.4) is 0 Å². The zero-order valence-electron chi connectivity index (χ0n) is 17.2. The first-order valence-corrected chi connectivity index (χ1v) is 9.92. The molecule has 0 saturated carbocycles. The minimum atomic E-state index is -0.695. The van der Waals surface area contributed by atoms with Crippen molar-refractivity contribution in [1.82, 2.24) is 15.5 Å². The van der Waals surface area contributed by atoms with Crippen LogP contribution in [0, 0.1) is 0 Å². The molecule has 156 valence electrons. The summed E-state index contributed by atoms with van der Waals surface area (Å²) in [4.78, 5) is 27.7. The quantitative estimate of drug-likeness (QED) is 0.574. The number of hydrogen-bond donors (Lipinski definition) is 2. The second kappa shape index (κ2) is 10.4. The van der Waals surface area contributed by atoms with Crippen molar-refractivity contribution in [3.63, 3.8) is 0 Å². The molecule has 0 spiro atoms. The molecule has 2 aromatic carbocycles. The van der Waals surface area contributed by atoms with Crippen molar-refractivity contribution >= 4 is 11.8 Å². The molecule has 2 amide bonds. The summed E-state index contributed by atoms with van der Waals surface area (Å²) in [5.41, 5.74) is 1.49. The van der Waals surface area contributed by atoms with Crippen LogP contribution in [-0.2, 0) is 11.2 Å². The van der Waals surface area contributed by atoms with E-state index < -0.39 is 6.04 Å². The first-order valence-electron chi connectivity index (χ1n) is 9.92. The highest BCUT2D eigenvalue weighted by molar-refractivity contribution is 5.97. The second-order valence-corrected chi connectivity index (χ2v) is 7.32. The van der Waals surface area contributed by atoms with Crippen LogP contribution in [0.25, 0.3) is 0 Å². The van der Waals surface area contributed by atoms with E-state index in [1.807, 2.05) is 67.5 Å². The highest BCUT2D eigenvalue weighted by Gasteiger charge is 2.24. The molecule has 6 nitrogen and oxygen atoms in total. The predicted molar refractivity (Wildman–Crippen MR) is 116 cm³/mol. The summed E-state index contributed by atoms with van der Waals surface area (Å²) < 4.78 is 5.51. The topological polar surface area (TPSA) is 74.6 Å². The van der Waals surface area contributed by atoms with Gasteiger partial charge in [0.25, 0.3) is 5.91 Å². The molecule has 0 radical (unpaired) electrons. The Bertz CT molecular complexity index is 925. The van der Waals surface area contributed by atoms with Gasteiger partial charge >= 0.3 is 0 Å². The van der Waals surface area contributed by atoms with Gasteiger partial charge in [-0.15, -0.1) is 0 Å². The van der Waals surface area contributed by atoms with Crippen LogP contribution >= 0.6 is 0 Å². The predicted octanol–water partition coefficient (Wildman–Crippen LogP) is 3.04. The summed E-state index contributed by atoms with van der Waals surface area (Å²) in [7, 11) is 3.86. The maximum atomic E-state index is 13.0. The third kappa shape index (κ3) is 5.81. The maximum Gasteiger partial charge on any atom is 0.251 e. The van der Waals surface area contributed by atoms with E-state index in [4.69, 9.17) is 4.42 Å². The van der Waals surface area contributed by atoms with Gasteiger partial charge in [-0.25, -0.2) is 0 Å². The third-order valence-electron chi connectivity index (χ3n) is 4.91. The lowest BCUT2D eigenvalue weighted by Crippen LogP contribution is -2.49. The van der Waals surface area contributed by atoms with E-state index in [-0.39, 0.29) is 17.9 Å². The Labute approximate surface area is 176 Å². The van der Waals surface area contributed by atoms with Crippen LogP contribution in [0.15, 0.2) is 83.5 Å². The molecule has 1 aromatic heterocycles. The van der Waals surface area contributed by atoms with E-state index >= 15 is 0 Å². The molecule has 0 aliphatic rings. The largest absolute Gasteiger partial charge is 0.468 e. The van der Waals surface area contributed by atoms with Gasteiger partial charge < -0.3 is 15.1 Å². The Kier molecular flexibility index (Phi) is 7.40. The standard InChI is InChI=1S/C24H27N3O3/c1-27(2)21(22-14-9-15-30-22)17-25-24(29)20(16-18-10-5-3-6-11-18)26-23(28)19-12-7-4-8-13-19/h3-15,20-21H,16-17H2,1-2H3,(H,25,29)(H,26,28). The summed E-state index contributed by atoms with van der Waals surface area (Å²) >= 11 is 0. The number of rotatable bonds is 9. The lowest BCUT2D eigenvalue weighted by atomic mass is 10.0. The summed E-state index contributed by atoms with van der Waals surface area (Å²) in [6, 6.07) is 21.5. The van der Waals surface area contributed by atoms with E-state index in [1.54, 1.807) is 30.5 Å². The number of hydrogen-bond acceptors (Lipinski definition) is 4. The Morgan fingerprint density at radius 2 is 1.60 bits per heavy atom. The molecule has 0 saturated heterocycles. The van der Waals surface area contributed by atoms with Crippen molar-refractivity contribution in [2.75, 3.05) is 20.6 Å². The summed E-state index contributed by atoms with van der Waals surface area (Å²) in [5.74, 6) is 0.261. The zero-order valence-corrected chi connectivity index (χ0v) is 17.2. The Hall–Kier alpha value is -3.38. The van der Waals surface area contributed by atoms with Gasteiger partial charge in [0.2, 0.25) is 5.91 Å². The molecule has 2 N–H and O–H groups in total. The number of nitrogens with one attached hydrogen (secondary N) is 2. The monoisotopic (exact) mass is 405 g/mol. The molecule has 2 unspecified atom stereocenters. The zero-order chi connectivity index (χ0) is 21.3. The van der Waals surface area contributed by atoms with E-state index in [0.717, 1.165) is 11.3 Å². The van der Waals surface area contributed by atoms with Gasteiger partial charge in [0.05, 0.1) is 12.3 Å². The Morgan fingerprint density at radius 1 is 0.933 bits per heavy atom. The molecule has 2 atom stereocenters. The fraction of sp³-hybridized carbons (Fsp3) is 0.250. The fourth-order valence-electron chi connectivity index (χ4n) is 3.23. The molecule has 0 aliphatic carbocycles. The summed E-state index contributed by atoms with van der Waals surface area (Å²) in [6.45, 7) is 0.367. The van der Waals surface area contributed by atoms with Gasteiger partial charge in [-0.05, 0) is 43.9 Å². The number of amides is 2. The highest BCUT2D eigenvalue weighted by atomic mass is 16.3. The lowest BCUT2D eigenvalue weighted by molar-refractivity contribution is -0.123. The number of carbonyl (C=O) groups is 2. The number of benzene rings is 2. The van der Waals surface area contributed by atoms with Crippen molar-refractivity contribution < 1.29 is 14.0 Å². The van der Waals surface area contributed by atoms with Gasteiger partial charge in [-0.3, -0.25) is 14.5 Å². The molecular weight excluding hydrogens is 378 g/mol. The van der Waals surface area contributed by atoms with Gasteiger partial charge in [0, 0.05) is 18.5 Å². The van der Waals surface area contributed by atoms with Crippen molar-refractivity contribution in [2.45, 2.75) is 18.5 Å². The molecule has 3 rings (SSSR count). The average Bonchev–Trinajstić information content (AvgIpc) is 3.29. The van der Waals surface area contributed by atoms with Crippen molar-refractivity contribution in [3.8, 4) is 0 Å². The highest BCUT2D eigenvalue weighted by Crippen LogP contribution is 2.17. The normalized spacial score (nSPS) is 12.9. The molecule has 30 heavy (non-hydrogen) atoms. The van der Waals surface area contributed by atoms with Crippen molar-refractivity contribution in [3.05, 3.63) is 95.9 Å². The number of likely N-dealkylation sites (N-methyl/N-ethyl adjacent to an activating group) is 1. The Balaban J connectivity index is 1.71. The summed E-state index contributed by atoms with van der Waals surface area (Å²) in [5, 5.41) is 5.86. The minimum absolute atomic E-state index is 0.105. The van der Waals surface area contributed by atoms with Gasteiger partial charge in [-0.2, -0.15) is 0 Å². The SMILES string of the molecule is CN(C)C(CNC(=O)C(Cc1ccccc1)NC(=O)c1ccccc1)c1ccco1. The van der Waals surface area contributed by atoms with Crippen molar-refractivity contribution in [2.24, 2.45) is 0 Å². The molecule has 3 aromatic rings. The van der Waals surface area contributed by atoms with Crippen LogP contribution in [0.4, 0.5) is 0 Å². The number of nitrogens with zero attached hydrogens (tertiary/aromatic N) is 1. The first-order chi connectivity index (χ1) is 14.5. The fourth-order valence-corrected chi connectivity index (χ4v) is 3.23. The van der Waals surface area contributed by atoms with Crippen LogP contribution in [0.1, 0.15) is 27.7 Å². The molecule has 0 fully saturated rings. The van der Waals surface area contributed by atoms with Gasteiger partial charge in [-0.1, -0.05) is 48.5 Å². The van der Waals surface area contributed by atoms with Crippen LogP contribution < -0.4 is 10.6 Å². The van der Waals surface area contributed by atoms with Crippen LogP contribution in [0.2, 0.25) is 0 Å². The van der Waals surface area contributed by atoms with Crippen LogP contribution in [-0.4, -0.2) is 43.4 Å². The van der Waals surface area contributed by atoms with E-state index in [1.165, 1.54) is 0 Å².